The van der Waals surface area contributed by atoms with E-state index in [-0.39, 0.29) is 19.0 Å². The Morgan fingerprint density at radius 3 is 2.43 bits per heavy atom. The van der Waals surface area contributed by atoms with Gasteiger partial charge < -0.3 is 0 Å². The van der Waals surface area contributed by atoms with Crippen molar-refractivity contribution in [3.8, 4) is 0 Å². The van der Waals surface area contributed by atoms with E-state index in [9.17, 15) is 4.79 Å². The Labute approximate surface area is 226 Å². The van der Waals surface area contributed by atoms with Gasteiger partial charge in [-0.15, -0.1) is 0 Å². The Kier molecular flexibility index (Phi) is 9.56. The molecule has 1 nitrogen and oxygen atoms in total. The van der Waals surface area contributed by atoms with Gasteiger partial charge in [0.1, 0.15) is 0 Å². The molecule has 196 valence electrons. The molecule has 2 atom stereocenters. The van der Waals surface area contributed by atoms with Crippen molar-refractivity contribution in [2.75, 3.05) is 0 Å². The molecule has 0 heterocycles. The largest absolute Gasteiger partial charge is 0.294 e. The molecule has 0 spiro atoms. The van der Waals surface area contributed by atoms with E-state index in [2.05, 4.69) is 74.2 Å². The Hall–Kier alpha value is -2.93. The number of ketones is 1. The zero-order valence-corrected chi connectivity index (χ0v) is 23.1. The first-order valence-corrected chi connectivity index (χ1v) is 14.6. The van der Waals surface area contributed by atoms with E-state index in [1.165, 1.54) is 59.9 Å². The van der Waals surface area contributed by atoms with Crippen molar-refractivity contribution in [3.05, 3.63) is 118 Å². The predicted octanol–water partition coefficient (Wildman–Crippen LogP) is 9.85. The molecule has 0 N–H and O–H groups in total. The topological polar surface area (TPSA) is 17.1 Å². The normalized spacial score (nSPS) is 23.4. The number of carbonyl (C=O) groups is 1. The summed E-state index contributed by atoms with van der Waals surface area (Å²) in [7, 11) is 0. The zero-order valence-electron chi connectivity index (χ0n) is 23.1. The minimum absolute atomic E-state index is 0. The second kappa shape index (κ2) is 13.0. The molecule has 2 unspecified atom stereocenters. The van der Waals surface area contributed by atoms with Crippen molar-refractivity contribution in [2.45, 2.75) is 90.4 Å². The molecule has 1 saturated carbocycles. The van der Waals surface area contributed by atoms with Crippen molar-refractivity contribution in [1.29, 1.82) is 0 Å². The first-order chi connectivity index (χ1) is 18.1. The summed E-state index contributed by atoms with van der Waals surface area (Å²) < 4.78 is 0. The quantitative estimate of drug-likeness (QED) is 0.404. The van der Waals surface area contributed by atoms with Crippen molar-refractivity contribution < 1.29 is 6.22 Å². The van der Waals surface area contributed by atoms with Crippen molar-refractivity contribution in [1.82, 2.24) is 0 Å². The van der Waals surface area contributed by atoms with Gasteiger partial charge in [0.25, 0.3) is 0 Å². The molecular weight excluding hydrogens is 448 g/mol. The summed E-state index contributed by atoms with van der Waals surface area (Å²) in [6.07, 6.45) is 19.2. The van der Waals surface area contributed by atoms with Crippen LogP contribution in [0.25, 0.3) is 0 Å². The third-order valence-electron chi connectivity index (χ3n) is 8.38. The monoisotopic (exact) mass is 494 g/mol. The fourth-order valence-electron chi connectivity index (χ4n) is 6.43. The lowest BCUT2D eigenvalue weighted by Crippen LogP contribution is -2.28. The molecule has 0 amide bonds. The highest BCUT2D eigenvalue weighted by Gasteiger charge is 2.35. The first-order valence-electron chi connectivity index (χ1n) is 14.6. The summed E-state index contributed by atoms with van der Waals surface area (Å²) in [5, 5.41) is 0. The van der Waals surface area contributed by atoms with Crippen molar-refractivity contribution in [2.24, 2.45) is 5.92 Å². The molecule has 2 aromatic rings. The number of hydrogen-bond acceptors (Lipinski definition) is 1. The summed E-state index contributed by atoms with van der Waals surface area (Å²) in [4.78, 5) is 13.0. The third kappa shape index (κ3) is 6.50. The van der Waals surface area contributed by atoms with Gasteiger partial charge in [-0.25, -0.2) is 0 Å². The lowest BCUT2D eigenvalue weighted by Gasteiger charge is -2.34. The van der Waals surface area contributed by atoms with Crippen LogP contribution in [-0.2, 0) is 17.6 Å². The van der Waals surface area contributed by atoms with Crippen LogP contribution in [-0.4, -0.2) is 5.78 Å². The van der Waals surface area contributed by atoms with E-state index in [0.717, 1.165) is 42.7 Å². The molecule has 1 heteroatoms. The number of fused-ring (bicyclic) bond motifs is 1. The Morgan fingerprint density at radius 2 is 1.68 bits per heavy atom. The Balaban J connectivity index is 0.00000130. The summed E-state index contributed by atoms with van der Waals surface area (Å²) in [5.41, 5.74) is 9.00. The van der Waals surface area contributed by atoms with E-state index in [0.29, 0.717) is 0 Å². The first kappa shape index (κ1) is 27.1. The number of carbonyl (C=O) groups excluding carboxylic acids is 1. The molecule has 1 fully saturated rings. The molecule has 5 rings (SSSR count). The van der Waals surface area contributed by atoms with Crippen molar-refractivity contribution in [3.63, 3.8) is 0 Å². The maximum atomic E-state index is 13.0. The smallest absolute Gasteiger partial charge is 0.163 e. The lowest BCUT2D eigenvalue weighted by atomic mass is 9.69. The van der Waals surface area contributed by atoms with Crippen LogP contribution in [0.5, 0.6) is 0 Å². The molecule has 3 aliphatic rings. The van der Waals surface area contributed by atoms with E-state index in [1.54, 1.807) is 6.08 Å². The van der Waals surface area contributed by atoms with Crippen LogP contribution in [0.1, 0.15) is 101 Å². The van der Waals surface area contributed by atoms with Crippen LogP contribution in [0.4, 0.5) is 0 Å². The molecular formula is C36H46O. The van der Waals surface area contributed by atoms with Gasteiger partial charge in [-0.2, -0.15) is 0 Å². The van der Waals surface area contributed by atoms with Gasteiger partial charge in [0.05, 0.1) is 5.92 Å². The molecule has 2 aromatic carbocycles. The van der Waals surface area contributed by atoms with Crippen LogP contribution in [0.15, 0.2) is 96.1 Å². The maximum absolute atomic E-state index is 13.0. The van der Waals surface area contributed by atoms with E-state index < -0.39 is 0 Å². The average molecular weight is 495 g/mol. The molecule has 0 radical (unpaired) electrons. The van der Waals surface area contributed by atoms with E-state index in [4.69, 9.17) is 0 Å². The van der Waals surface area contributed by atoms with Crippen LogP contribution in [0.2, 0.25) is 0 Å². The predicted molar refractivity (Wildman–Crippen MR) is 160 cm³/mol. The number of allylic oxidation sites excluding steroid dienone is 7. The maximum Gasteiger partial charge on any atom is 0.163 e. The van der Waals surface area contributed by atoms with Crippen LogP contribution >= 0.6 is 0 Å². The highest BCUT2D eigenvalue weighted by molar-refractivity contribution is 5.98. The Bertz CT molecular complexity index is 1170. The van der Waals surface area contributed by atoms with Crippen LogP contribution < -0.4 is 0 Å². The molecule has 0 aliphatic heterocycles. The number of benzene rings is 2. The highest BCUT2D eigenvalue weighted by Crippen LogP contribution is 2.43. The van der Waals surface area contributed by atoms with Crippen molar-refractivity contribution >= 4 is 5.78 Å². The fraction of sp³-hybridized carbons (Fsp3) is 0.417. The van der Waals surface area contributed by atoms with E-state index in [1.807, 2.05) is 19.9 Å². The van der Waals surface area contributed by atoms with Crippen LogP contribution in [0.3, 0.4) is 0 Å². The van der Waals surface area contributed by atoms with Gasteiger partial charge in [0, 0.05) is 1.43 Å². The molecule has 0 saturated heterocycles. The fourth-order valence-corrected chi connectivity index (χ4v) is 6.43. The zero-order chi connectivity index (χ0) is 26.2. The van der Waals surface area contributed by atoms with Gasteiger partial charge in [0.15, 0.2) is 5.78 Å². The summed E-state index contributed by atoms with van der Waals surface area (Å²) in [5.74, 6) is 1.05. The molecule has 0 aromatic heterocycles. The minimum Gasteiger partial charge on any atom is -0.294 e. The SMILES string of the molecule is C=C1/C(=C\C=C(/C)Cc2ccc(C3CCCCC3)cc2)C=CC(=O)C1C1CCCc2ccccc21.CC.[HH]. The third-order valence-corrected chi connectivity index (χ3v) is 8.38. The number of aryl methyl sites for hydroxylation is 1. The Morgan fingerprint density at radius 1 is 0.946 bits per heavy atom. The summed E-state index contributed by atoms with van der Waals surface area (Å²) >= 11 is 0. The van der Waals surface area contributed by atoms with Gasteiger partial charge in [-0.05, 0) is 96.8 Å². The number of rotatable bonds is 5. The molecule has 0 bridgehead atoms. The second-order valence-electron chi connectivity index (χ2n) is 10.8. The molecule has 3 aliphatic carbocycles. The molecule has 37 heavy (non-hydrogen) atoms. The van der Waals surface area contributed by atoms with Gasteiger partial charge in [-0.1, -0.05) is 112 Å². The number of hydrogen-bond donors (Lipinski definition) is 0. The highest BCUT2D eigenvalue weighted by atomic mass is 16.1. The summed E-state index contributed by atoms with van der Waals surface area (Å²) in [6, 6.07) is 18.0. The van der Waals surface area contributed by atoms with Gasteiger partial charge in [-0.3, -0.25) is 4.79 Å². The average Bonchev–Trinajstić information content (AvgIpc) is 2.95. The minimum atomic E-state index is -0.145. The van der Waals surface area contributed by atoms with Gasteiger partial charge >= 0.3 is 0 Å². The van der Waals surface area contributed by atoms with Crippen LogP contribution in [0, 0.1) is 5.92 Å². The lowest BCUT2D eigenvalue weighted by molar-refractivity contribution is -0.118. The van der Waals surface area contributed by atoms with E-state index >= 15 is 0 Å². The summed E-state index contributed by atoms with van der Waals surface area (Å²) in [6.45, 7) is 10.6. The standard InChI is InChI=1S/C34H38O.C2H6.H2/c1-24(23-26-16-19-29(20-17-26)28-9-4-3-5-10-28)15-18-27-21-22-33(35)34(25(27)2)32-14-8-12-30-11-6-7-13-31(30)32;1-2;/h6-7,11,13,15-22,28,32,34H,2-5,8-10,12,14,23H2,1H3;1-2H3;1H/b24-15+,27-18-;;. The second-order valence-corrected chi connectivity index (χ2v) is 10.8. The van der Waals surface area contributed by atoms with Gasteiger partial charge in [0.2, 0.25) is 0 Å².